The minimum Gasteiger partial charge on any atom is -0.493 e. The lowest BCUT2D eigenvalue weighted by Gasteiger charge is -2.32. The Morgan fingerprint density at radius 1 is 1.08 bits per heavy atom. The molecule has 0 N–H and O–H groups in total. The molecule has 4 nitrogen and oxygen atoms in total. The molecule has 2 heterocycles. The van der Waals surface area contributed by atoms with Crippen molar-refractivity contribution in [1.29, 1.82) is 0 Å². The van der Waals surface area contributed by atoms with E-state index in [1.165, 1.54) is 12.1 Å². The van der Waals surface area contributed by atoms with Crippen LogP contribution in [0.25, 0.3) is 0 Å². The monoisotopic (exact) mass is 337 g/mol. The van der Waals surface area contributed by atoms with Crippen molar-refractivity contribution in [2.45, 2.75) is 19.0 Å². The minimum atomic E-state index is -4.40. The van der Waals surface area contributed by atoms with E-state index in [9.17, 15) is 13.2 Å². The summed E-state index contributed by atoms with van der Waals surface area (Å²) in [7, 11) is 0. The van der Waals surface area contributed by atoms with Gasteiger partial charge in [-0.3, -0.25) is 0 Å². The molecule has 1 aromatic carbocycles. The van der Waals surface area contributed by atoms with Crippen LogP contribution in [-0.2, 0) is 6.18 Å². The van der Waals surface area contributed by atoms with Gasteiger partial charge in [0.1, 0.15) is 5.75 Å². The number of hydrogen-bond donors (Lipinski definition) is 0. The van der Waals surface area contributed by atoms with Gasteiger partial charge in [-0.2, -0.15) is 18.3 Å². The molecule has 1 aliphatic rings. The third-order valence-electron chi connectivity index (χ3n) is 4.16. The molecule has 0 bridgehead atoms. The van der Waals surface area contributed by atoms with E-state index in [2.05, 4.69) is 15.1 Å². The summed E-state index contributed by atoms with van der Waals surface area (Å²) in [6.45, 7) is 1.89. The molecule has 0 radical (unpaired) electrons. The average molecular weight is 337 g/mol. The zero-order chi connectivity index (χ0) is 17.0. The third kappa shape index (κ3) is 3.96. The molecule has 2 aromatic rings. The molecule has 0 spiro atoms. The number of rotatable bonds is 4. The third-order valence-corrected chi connectivity index (χ3v) is 4.16. The molecule has 0 atom stereocenters. The van der Waals surface area contributed by atoms with Crippen LogP contribution in [0.15, 0.2) is 42.6 Å². The largest absolute Gasteiger partial charge is 0.493 e. The molecular formula is C17H18F3N3O. The first-order valence-electron chi connectivity index (χ1n) is 7.86. The zero-order valence-electron chi connectivity index (χ0n) is 13.0. The number of hydrogen-bond acceptors (Lipinski definition) is 4. The van der Waals surface area contributed by atoms with Gasteiger partial charge in [0.15, 0.2) is 5.82 Å². The van der Waals surface area contributed by atoms with Crippen LogP contribution in [0.1, 0.15) is 18.4 Å². The second-order valence-electron chi connectivity index (χ2n) is 5.82. The maximum atomic E-state index is 13.0. The van der Waals surface area contributed by atoms with Crippen LogP contribution in [-0.4, -0.2) is 29.9 Å². The second-order valence-corrected chi connectivity index (χ2v) is 5.82. The van der Waals surface area contributed by atoms with E-state index >= 15 is 0 Å². The van der Waals surface area contributed by atoms with Crippen molar-refractivity contribution >= 4 is 5.82 Å². The van der Waals surface area contributed by atoms with Crippen molar-refractivity contribution in [1.82, 2.24) is 10.2 Å². The molecule has 1 aromatic heterocycles. The van der Waals surface area contributed by atoms with Gasteiger partial charge >= 0.3 is 6.18 Å². The van der Waals surface area contributed by atoms with Gasteiger partial charge in [0.2, 0.25) is 0 Å². The number of aromatic nitrogens is 2. The number of ether oxygens (including phenoxy) is 1. The molecule has 7 heteroatoms. The van der Waals surface area contributed by atoms with Crippen LogP contribution in [0.2, 0.25) is 0 Å². The molecule has 1 fully saturated rings. The lowest BCUT2D eigenvalue weighted by Crippen LogP contribution is -2.36. The van der Waals surface area contributed by atoms with Gasteiger partial charge in [-0.15, -0.1) is 5.10 Å². The van der Waals surface area contributed by atoms with Crippen molar-refractivity contribution in [3.8, 4) is 5.75 Å². The molecule has 1 aliphatic heterocycles. The van der Waals surface area contributed by atoms with Crippen LogP contribution >= 0.6 is 0 Å². The van der Waals surface area contributed by atoms with Crippen LogP contribution in [0, 0.1) is 5.92 Å². The number of piperidine rings is 1. The van der Waals surface area contributed by atoms with Crippen molar-refractivity contribution in [3.63, 3.8) is 0 Å². The van der Waals surface area contributed by atoms with Gasteiger partial charge < -0.3 is 9.64 Å². The SMILES string of the molecule is FC(F)(F)c1ccccc1OCC1CCN(c2cccnn2)CC1. The smallest absolute Gasteiger partial charge is 0.419 e. The molecular weight excluding hydrogens is 319 g/mol. The van der Waals surface area contributed by atoms with Gasteiger partial charge in [-0.1, -0.05) is 12.1 Å². The van der Waals surface area contributed by atoms with Gasteiger partial charge in [0.05, 0.1) is 12.2 Å². The number of anilines is 1. The molecule has 0 saturated carbocycles. The van der Waals surface area contributed by atoms with Crippen LogP contribution < -0.4 is 9.64 Å². The summed E-state index contributed by atoms with van der Waals surface area (Å²) in [6, 6.07) is 9.09. The summed E-state index contributed by atoms with van der Waals surface area (Å²) in [5.41, 5.74) is -0.720. The molecule has 0 aliphatic carbocycles. The van der Waals surface area contributed by atoms with Gasteiger partial charge in [0.25, 0.3) is 0 Å². The quantitative estimate of drug-likeness (QED) is 0.851. The molecule has 0 unspecified atom stereocenters. The number of benzene rings is 1. The van der Waals surface area contributed by atoms with E-state index in [-0.39, 0.29) is 11.7 Å². The van der Waals surface area contributed by atoms with E-state index < -0.39 is 11.7 Å². The first kappa shape index (κ1) is 16.5. The topological polar surface area (TPSA) is 38.2 Å². The Morgan fingerprint density at radius 2 is 1.83 bits per heavy atom. The minimum absolute atomic E-state index is 0.0960. The summed E-state index contributed by atoms with van der Waals surface area (Å²) >= 11 is 0. The van der Waals surface area contributed by atoms with Crippen LogP contribution in [0.4, 0.5) is 19.0 Å². The summed E-state index contributed by atoms with van der Waals surface area (Å²) in [4.78, 5) is 2.13. The number of halogens is 3. The predicted molar refractivity (Wildman–Crippen MR) is 83.9 cm³/mol. The lowest BCUT2D eigenvalue weighted by atomic mass is 9.98. The number of alkyl halides is 3. The van der Waals surface area contributed by atoms with E-state index in [0.717, 1.165) is 37.8 Å². The summed E-state index contributed by atoms with van der Waals surface area (Å²) < 4.78 is 44.3. The molecule has 1 saturated heterocycles. The van der Waals surface area contributed by atoms with Gasteiger partial charge in [-0.25, -0.2) is 0 Å². The van der Waals surface area contributed by atoms with E-state index in [4.69, 9.17) is 4.74 Å². The summed E-state index contributed by atoms with van der Waals surface area (Å²) in [5.74, 6) is 0.972. The lowest BCUT2D eigenvalue weighted by molar-refractivity contribution is -0.139. The summed E-state index contributed by atoms with van der Waals surface area (Å²) in [6.07, 6.45) is -1.07. The Kier molecular flexibility index (Phi) is 4.87. The van der Waals surface area contributed by atoms with E-state index in [1.54, 1.807) is 12.3 Å². The molecule has 0 amide bonds. The van der Waals surface area contributed by atoms with Gasteiger partial charge in [0, 0.05) is 19.3 Å². The Hall–Kier alpha value is -2.31. The molecule has 3 rings (SSSR count). The van der Waals surface area contributed by atoms with E-state index in [0.29, 0.717) is 6.61 Å². The Bertz CT molecular complexity index is 656. The fourth-order valence-electron chi connectivity index (χ4n) is 2.83. The van der Waals surface area contributed by atoms with Crippen molar-refractivity contribution < 1.29 is 17.9 Å². The molecule has 128 valence electrons. The first-order chi connectivity index (χ1) is 11.5. The van der Waals surface area contributed by atoms with Crippen LogP contribution in [0.5, 0.6) is 5.75 Å². The van der Waals surface area contributed by atoms with Crippen molar-refractivity contribution in [2.24, 2.45) is 5.92 Å². The van der Waals surface area contributed by atoms with Crippen LogP contribution in [0.3, 0.4) is 0 Å². The van der Waals surface area contributed by atoms with Gasteiger partial charge in [-0.05, 0) is 43.0 Å². The Labute approximate surface area is 138 Å². The zero-order valence-corrected chi connectivity index (χ0v) is 13.0. The number of para-hydroxylation sites is 1. The maximum absolute atomic E-state index is 13.0. The first-order valence-corrected chi connectivity index (χ1v) is 7.86. The fraction of sp³-hybridized carbons (Fsp3) is 0.412. The Balaban J connectivity index is 1.55. The highest BCUT2D eigenvalue weighted by atomic mass is 19.4. The number of nitrogens with zero attached hydrogens (tertiary/aromatic N) is 3. The maximum Gasteiger partial charge on any atom is 0.419 e. The highest BCUT2D eigenvalue weighted by Crippen LogP contribution is 2.36. The van der Waals surface area contributed by atoms with Crippen molar-refractivity contribution in [3.05, 3.63) is 48.2 Å². The highest BCUT2D eigenvalue weighted by Gasteiger charge is 2.34. The molecule has 24 heavy (non-hydrogen) atoms. The summed E-state index contributed by atoms with van der Waals surface area (Å²) in [5, 5.41) is 7.94. The van der Waals surface area contributed by atoms with E-state index in [1.807, 2.05) is 12.1 Å². The Morgan fingerprint density at radius 3 is 2.50 bits per heavy atom. The average Bonchev–Trinajstić information content (AvgIpc) is 2.61. The fourth-order valence-corrected chi connectivity index (χ4v) is 2.83. The van der Waals surface area contributed by atoms with Crippen molar-refractivity contribution in [2.75, 3.05) is 24.6 Å². The second kappa shape index (κ2) is 7.07. The normalized spacial score (nSPS) is 16.2. The standard InChI is InChI=1S/C17H18F3N3O/c18-17(19,20)14-4-1-2-5-15(14)24-12-13-7-10-23(11-8-13)16-6-3-9-21-22-16/h1-6,9,13H,7-8,10-12H2. The predicted octanol–water partition coefficient (Wildman–Crippen LogP) is 3.79. The highest BCUT2D eigenvalue weighted by molar-refractivity contribution is 5.37.